The molecule has 1 unspecified atom stereocenters. The molecule has 1 aromatic heterocycles. The van der Waals surface area contributed by atoms with Gasteiger partial charge in [-0.1, -0.05) is 23.7 Å². The third-order valence-electron chi connectivity index (χ3n) is 2.32. The Bertz CT molecular complexity index is 408. The van der Waals surface area contributed by atoms with E-state index in [1.165, 1.54) is 0 Å². The zero-order valence-electron chi connectivity index (χ0n) is 8.18. The summed E-state index contributed by atoms with van der Waals surface area (Å²) in [5, 5.41) is 4.92. The molecule has 0 bridgehead atoms. The lowest BCUT2D eigenvalue weighted by Crippen LogP contribution is -2.20. The van der Waals surface area contributed by atoms with E-state index >= 15 is 0 Å². The largest absolute Gasteiger partial charge is 0.328 e. The molecule has 0 spiro atoms. The summed E-state index contributed by atoms with van der Waals surface area (Å²) in [6.07, 6.45) is 3.66. The molecule has 3 nitrogen and oxygen atoms in total. The van der Waals surface area contributed by atoms with Crippen LogP contribution in [0.1, 0.15) is 11.6 Å². The van der Waals surface area contributed by atoms with Crippen molar-refractivity contribution in [2.24, 2.45) is 5.73 Å². The summed E-state index contributed by atoms with van der Waals surface area (Å²) in [6, 6.07) is 9.64. The van der Waals surface area contributed by atoms with Crippen molar-refractivity contribution in [1.82, 2.24) is 9.78 Å². The zero-order valence-corrected chi connectivity index (χ0v) is 8.93. The van der Waals surface area contributed by atoms with E-state index in [0.29, 0.717) is 6.54 Å². The molecule has 1 aromatic carbocycles. The molecule has 1 atom stereocenters. The normalized spacial score (nSPS) is 12.7. The molecule has 0 aliphatic rings. The van der Waals surface area contributed by atoms with Crippen molar-refractivity contribution in [3.8, 4) is 0 Å². The lowest BCUT2D eigenvalue weighted by Gasteiger charge is -2.15. The molecule has 2 aromatic rings. The first-order valence-corrected chi connectivity index (χ1v) is 5.13. The Labute approximate surface area is 93.5 Å². The highest BCUT2D eigenvalue weighted by Gasteiger charge is 2.11. The van der Waals surface area contributed by atoms with Crippen LogP contribution in [0.3, 0.4) is 0 Å². The van der Waals surface area contributed by atoms with E-state index in [1.807, 2.05) is 41.2 Å². The first-order valence-electron chi connectivity index (χ1n) is 4.76. The molecule has 0 aliphatic heterocycles. The number of nitrogens with zero attached hydrogens (tertiary/aromatic N) is 2. The molecule has 0 fully saturated rings. The third-order valence-corrected chi connectivity index (χ3v) is 2.57. The molecule has 0 aliphatic carbocycles. The number of hydrogen-bond donors (Lipinski definition) is 1. The molecule has 15 heavy (non-hydrogen) atoms. The van der Waals surface area contributed by atoms with Gasteiger partial charge in [-0.15, -0.1) is 0 Å². The van der Waals surface area contributed by atoms with Gasteiger partial charge in [-0.25, -0.2) is 0 Å². The van der Waals surface area contributed by atoms with Gasteiger partial charge in [-0.3, -0.25) is 4.68 Å². The van der Waals surface area contributed by atoms with E-state index in [1.54, 1.807) is 6.20 Å². The predicted octanol–water partition coefficient (Wildman–Crippen LogP) is 2.08. The Kier molecular flexibility index (Phi) is 3.04. The molecule has 78 valence electrons. The summed E-state index contributed by atoms with van der Waals surface area (Å²) < 4.78 is 1.85. The van der Waals surface area contributed by atoms with Crippen molar-refractivity contribution in [2.45, 2.75) is 6.04 Å². The van der Waals surface area contributed by atoms with Crippen molar-refractivity contribution >= 4 is 11.6 Å². The van der Waals surface area contributed by atoms with Crippen LogP contribution in [-0.4, -0.2) is 16.3 Å². The van der Waals surface area contributed by atoms with Crippen molar-refractivity contribution in [2.75, 3.05) is 6.54 Å². The van der Waals surface area contributed by atoms with E-state index in [0.717, 1.165) is 10.6 Å². The molecule has 0 radical (unpaired) electrons. The van der Waals surface area contributed by atoms with Crippen LogP contribution in [-0.2, 0) is 0 Å². The summed E-state index contributed by atoms with van der Waals surface area (Å²) in [7, 11) is 0. The van der Waals surface area contributed by atoms with Gasteiger partial charge in [0.1, 0.15) is 0 Å². The van der Waals surface area contributed by atoms with Gasteiger partial charge in [0.15, 0.2) is 0 Å². The topological polar surface area (TPSA) is 43.8 Å². The maximum Gasteiger partial charge on any atom is 0.0890 e. The van der Waals surface area contributed by atoms with E-state index in [9.17, 15) is 0 Å². The average Bonchev–Trinajstić information content (AvgIpc) is 2.75. The van der Waals surface area contributed by atoms with Gasteiger partial charge in [-0.05, 0) is 23.8 Å². The van der Waals surface area contributed by atoms with Crippen molar-refractivity contribution < 1.29 is 0 Å². The van der Waals surface area contributed by atoms with E-state index in [4.69, 9.17) is 17.3 Å². The Hall–Kier alpha value is -1.32. The second-order valence-electron chi connectivity index (χ2n) is 3.29. The Morgan fingerprint density at radius 1 is 1.33 bits per heavy atom. The smallest absolute Gasteiger partial charge is 0.0890 e. The fourth-order valence-corrected chi connectivity index (χ4v) is 1.67. The maximum absolute atomic E-state index is 5.83. The first kappa shape index (κ1) is 10.2. The van der Waals surface area contributed by atoms with Crippen molar-refractivity contribution in [3.05, 3.63) is 53.3 Å². The van der Waals surface area contributed by atoms with Gasteiger partial charge >= 0.3 is 0 Å². The standard InChI is InChI=1S/C11H12ClN3/c12-10-4-2-9(3-5-10)11(8-13)15-7-1-6-14-15/h1-7,11H,8,13H2. The molecule has 0 amide bonds. The molecule has 4 heteroatoms. The highest BCUT2D eigenvalue weighted by Crippen LogP contribution is 2.18. The fourth-order valence-electron chi connectivity index (χ4n) is 1.55. The molecule has 2 rings (SSSR count). The van der Waals surface area contributed by atoms with Crippen molar-refractivity contribution in [1.29, 1.82) is 0 Å². The van der Waals surface area contributed by atoms with Crippen LogP contribution in [0.25, 0.3) is 0 Å². The van der Waals surface area contributed by atoms with Gasteiger partial charge < -0.3 is 5.73 Å². The molecule has 0 saturated heterocycles. The zero-order chi connectivity index (χ0) is 10.7. The van der Waals surface area contributed by atoms with Gasteiger partial charge in [0.05, 0.1) is 6.04 Å². The highest BCUT2D eigenvalue weighted by molar-refractivity contribution is 6.30. The molecule has 0 saturated carbocycles. The summed E-state index contributed by atoms with van der Waals surface area (Å²) in [6.45, 7) is 0.517. The molecular formula is C11H12ClN3. The summed E-state index contributed by atoms with van der Waals surface area (Å²) in [5.74, 6) is 0. The summed E-state index contributed by atoms with van der Waals surface area (Å²) in [4.78, 5) is 0. The summed E-state index contributed by atoms with van der Waals surface area (Å²) in [5.41, 5.74) is 6.86. The van der Waals surface area contributed by atoms with E-state index in [2.05, 4.69) is 5.10 Å². The van der Waals surface area contributed by atoms with Gasteiger partial charge in [0, 0.05) is 24.0 Å². The predicted molar refractivity (Wildman–Crippen MR) is 60.9 cm³/mol. The van der Waals surface area contributed by atoms with Crippen LogP contribution in [0.2, 0.25) is 5.02 Å². The first-order chi connectivity index (χ1) is 7.31. The van der Waals surface area contributed by atoms with Crippen LogP contribution in [0.4, 0.5) is 0 Å². The monoisotopic (exact) mass is 221 g/mol. The number of rotatable bonds is 3. The molecule has 2 N–H and O–H groups in total. The number of benzene rings is 1. The minimum atomic E-state index is 0.0808. The van der Waals surface area contributed by atoms with Crippen LogP contribution < -0.4 is 5.73 Å². The number of halogens is 1. The average molecular weight is 222 g/mol. The Morgan fingerprint density at radius 3 is 2.60 bits per heavy atom. The fraction of sp³-hybridized carbons (Fsp3) is 0.182. The quantitative estimate of drug-likeness (QED) is 0.863. The van der Waals surface area contributed by atoms with Crippen LogP contribution >= 0.6 is 11.6 Å². The van der Waals surface area contributed by atoms with Gasteiger partial charge in [-0.2, -0.15) is 5.10 Å². The molecule has 1 heterocycles. The summed E-state index contributed by atoms with van der Waals surface area (Å²) >= 11 is 5.83. The van der Waals surface area contributed by atoms with E-state index in [-0.39, 0.29) is 6.04 Å². The third kappa shape index (κ3) is 2.19. The van der Waals surface area contributed by atoms with E-state index < -0.39 is 0 Å². The second-order valence-corrected chi connectivity index (χ2v) is 3.73. The van der Waals surface area contributed by atoms with Gasteiger partial charge in [0.2, 0.25) is 0 Å². The van der Waals surface area contributed by atoms with Crippen molar-refractivity contribution in [3.63, 3.8) is 0 Å². The maximum atomic E-state index is 5.83. The lowest BCUT2D eigenvalue weighted by atomic mass is 10.1. The minimum absolute atomic E-state index is 0.0808. The molecular weight excluding hydrogens is 210 g/mol. The Balaban J connectivity index is 2.31. The Morgan fingerprint density at radius 2 is 2.07 bits per heavy atom. The second kappa shape index (κ2) is 4.47. The lowest BCUT2D eigenvalue weighted by molar-refractivity contribution is 0.532. The van der Waals surface area contributed by atoms with Crippen LogP contribution in [0.15, 0.2) is 42.7 Å². The van der Waals surface area contributed by atoms with Crippen LogP contribution in [0.5, 0.6) is 0 Å². The number of nitrogens with two attached hydrogens (primary N) is 1. The van der Waals surface area contributed by atoms with Crippen LogP contribution in [0, 0.1) is 0 Å². The SMILES string of the molecule is NCC(c1ccc(Cl)cc1)n1cccn1. The highest BCUT2D eigenvalue weighted by atomic mass is 35.5. The minimum Gasteiger partial charge on any atom is -0.328 e. The number of hydrogen-bond acceptors (Lipinski definition) is 2. The number of aromatic nitrogens is 2. The van der Waals surface area contributed by atoms with Gasteiger partial charge in [0.25, 0.3) is 0 Å².